The van der Waals surface area contributed by atoms with E-state index in [1.807, 2.05) is 35.8 Å². The maximum Gasteiger partial charge on any atom is 0.255 e. The summed E-state index contributed by atoms with van der Waals surface area (Å²) in [6, 6.07) is 9.31. The normalized spacial score (nSPS) is 11.1. The molecule has 0 saturated heterocycles. The van der Waals surface area contributed by atoms with Gasteiger partial charge in [0, 0.05) is 13.6 Å². The third-order valence-electron chi connectivity index (χ3n) is 4.02. The van der Waals surface area contributed by atoms with Crippen molar-refractivity contribution in [3.8, 4) is 0 Å². The second-order valence-corrected chi connectivity index (χ2v) is 6.08. The van der Waals surface area contributed by atoms with E-state index in [-0.39, 0.29) is 17.1 Å². The molecule has 3 aromatic rings. The molecule has 1 amide bonds. The van der Waals surface area contributed by atoms with Crippen molar-refractivity contribution in [2.45, 2.75) is 20.0 Å². The standard InChI is InChI=1S/C18H16ClF2N3O/c1-3-24-16-7-5-4-6-15(16)22-17(24)10-23(2)18(25)11-8-13(20)14(21)9-12(11)19/h4-9H,3,10H2,1-2H3. The summed E-state index contributed by atoms with van der Waals surface area (Å²) in [4.78, 5) is 18.5. The number of nitrogens with zero attached hydrogens (tertiary/aromatic N) is 3. The molecule has 130 valence electrons. The molecule has 0 fully saturated rings. The minimum atomic E-state index is -1.11. The molecule has 7 heteroatoms. The molecule has 0 bridgehead atoms. The smallest absolute Gasteiger partial charge is 0.255 e. The van der Waals surface area contributed by atoms with Crippen molar-refractivity contribution < 1.29 is 13.6 Å². The van der Waals surface area contributed by atoms with Crippen molar-refractivity contribution in [1.29, 1.82) is 0 Å². The van der Waals surface area contributed by atoms with Gasteiger partial charge in [-0.15, -0.1) is 0 Å². The van der Waals surface area contributed by atoms with E-state index in [9.17, 15) is 13.6 Å². The van der Waals surface area contributed by atoms with Gasteiger partial charge in [-0.05, 0) is 31.2 Å². The molecule has 0 spiro atoms. The molecular formula is C18H16ClF2N3O. The van der Waals surface area contributed by atoms with E-state index in [1.165, 1.54) is 4.90 Å². The Morgan fingerprint density at radius 2 is 1.92 bits per heavy atom. The van der Waals surface area contributed by atoms with Gasteiger partial charge in [0.2, 0.25) is 0 Å². The van der Waals surface area contributed by atoms with Crippen LogP contribution in [0.25, 0.3) is 11.0 Å². The first-order valence-electron chi connectivity index (χ1n) is 7.76. The predicted octanol–water partition coefficient (Wildman–Crippen LogP) is 4.26. The lowest BCUT2D eigenvalue weighted by atomic mass is 10.2. The molecule has 1 heterocycles. The third kappa shape index (κ3) is 3.22. The lowest BCUT2D eigenvalue weighted by Crippen LogP contribution is -2.28. The lowest BCUT2D eigenvalue weighted by molar-refractivity contribution is 0.0780. The largest absolute Gasteiger partial charge is 0.334 e. The van der Waals surface area contributed by atoms with Crippen LogP contribution in [0.15, 0.2) is 36.4 Å². The molecule has 0 unspecified atom stereocenters. The summed E-state index contributed by atoms with van der Waals surface area (Å²) in [6.07, 6.45) is 0. The predicted molar refractivity (Wildman–Crippen MR) is 92.6 cm³/mol. The molecule has 3 rings (SSSR count). The van der Waals surface area contributed by atoms with E-state index in [1.54, 1.807) is 7.05 Å². The number of rotatable bonds is 4. The minimum absolute atomic E-state index is 0.0813. The van der Waals surface area contributed by atoms with E-state index < -0.39 is 17.5 Å². The topological polar surface area (TPSA) is 38.1 Å². The first-order chi connectivity index (χ1) is 11.9. The van der Waals surface area contributed by atoms with Gasteiger partial charge in [-0.3, -0.25) is 4.79 Å². The number of hydrogen-bond acceptors (Lipinski definition) is 2. The monoisotopic (exact) mass is 363 g/mol. The van der Waals surface area contributed by atoms with Crippen LogP contribution in [0.2, 0.25) is 5.02 Å². The van der Waals surface area contributed by atoms with Crippen LogP contribution in [-0.4, -0.2) is 27.4 Å². The van der Waals surface area contributed by atoms with Crippen molar-refractivity contribution in [3.63, 3.8) is 0 Å². The second-order valence-electron chi connectivity index (χ2n) is 5.67. The van der Waals surface area contributed by atoms with Gasteiger partial charge in [-0.2, -0.15) is 0 Å². The first kappa shape index (κ1) is 17.4. The fourth-order valence-corrected chi connectivity index (χ4v) is 3.01. The third-order valence-corrected chi connectivity index (χ3v) is 4.33. The SMILES string of the molecule is CCn1c(CN(C)C(=O)c2cc(F)c(F)cc2Cl)nc2ccccc21. The molecular weight excluding hydrogens is 348 g/mol. The van der Waals surface area contributed by atoms with Crippen LogP contribution in [0, 0.1) is 11.6 Å². The highest BCUT2D eigenvalue weighted by molar-refractivity contribution is 6.33. The van der Waals surface area contributed by atoms with Crippen LogP contribution in [-0.2, 0) is 13.1 Å². The van der Waals surface area contributed by atoms with Crippen LogP contribution in [0.4, 0.5) is 8.78 Å². The highest BCUT2D eigenvalue weighted by Gasteiger charge is 2.20. The van der Waals surface area contributed by atoms with Crippen molar-refractivity contribution in [2.75, 3.05) is 7.05 Å². The fraction of sp³-hybridized carbons (Fsp3) is 0.222. The van der Waals surface area contributed by atoms with Crippen molar-refractivity contribution >= 4 is 28.5 Å². The molecule has 25 heavy (non-hydrogen) atoms. The first-order valence-corrected chi connectivity index (χ1v) is 8.14. The summed E-state index contributed by atoms with van der Waals surface area (Å²) in [5.74, 6) is -1.99. The Morgan fingerprint density at radius 1 is 1.24 bits per heavy atom. The number of carbonyl (C=O) groups excluding carboxylic acids is 1. The van der Waals surface area contributed by atoms with E-state index in [0.29, 0.717) is 12.4 Å². The van der Waals surface area contributed by atoms with Crippen LogP contribution in [0.3, 0.4) is 0 Å². The number of halogens is 3. The van der Waals surface area contributed by atoms with E-state index >= 15 is 0 Å². The number of hydrogen-bond donors (Lipinski definition) is 0. The molecule has 1 aromatic heterocycles. The Balaban J connectivity index is 1.91. The second kappa shape index (κ2) is 6.80. The number of aryl methyl sites for hydroxylation is 1. The van der Waals surface area contributed by atoms with Gasteiger partial charge in [0.05, 0.1) is 28.2 Å². The lowest BCUT2D eigenvalue weighted by Gasteiger charge is -2.18. The Labute approximate surface area is 148 Å². The van der Waals surface area contributed by atoms with Gasteiger partial charge in [0.25, 0.3) is 5.91 Å². The van der Waals surface area contributed by atoms with Crippen molar-refractivity contribution in [2.24, 2.45) is 0 Å². The Bertz CT molecular complexity index is 955. The molecule has 2 aromatic carbocycles. The zero-order chi connectivity index (χ0) is 18.1. The molecule has 0 aliphatic carbocycles. The van der Waals surface area contributed by atoms with Gasteiger partial charge < -0.3 is 9.47 Å². The number of imidazole rings is 1. The van der Waals surface area contributed by atoms with Gasteiger partial charge in [0.1, 0.15) is 5.82 Å². The minimum Gasteiger partial charge on any atom is -0.334 e. The van der Waals surface area contributed by atoms with Crippen LogP contribution >= 0.6 is 11.6 Å². The zero-order valence-corrected chi connectivity index (χ0v) is 14.5. The molecule has 0 atom stereocenters. The van der Waals surface area contributed by atoms with Crippen molar-refractivity contribution in [3.05, 3.63) is 64.4 Å². The summed E-state index contributed by atoms with van der Waals surface area (Å²) >= 11 is 5.89. The van der Waals surface area contributed by atoms with Gasteiger partial charge >= 0.3 is 0 Å². The maximum atomic E-state index is 13.4. The van der Waals surface area contributed by atoms with Crippen LogP contribution in [0.1, 0.15) is 23.1 Å². The molecule has 0 saturated carbocycles. The molecule has 0 N–H and O–H groups in total. The number of fused-ring (bicyclic) bond motifs is 1. The van der Waals surface area contributed by atoms with E-state index in [2.05, 4.69) is 4.98 Å². The Kier molecular flexibility index (Phi) is 4.72. The molecule has 4 nitrogen and oxygen atoms in total. The fourth-order valence-electron chi connectivity index (χ4n) is 2.77. The van der Waals surface area contributed by atoms with Gasteiger partial charge in [-0.1, -0.05) is 23.7 Å². The number of aromatic nitrogens is 2. The summed E-state index contributed by atoms with van der Waals surface area (Å²) in [5.41, 5.74) is 1.74. The number of amides is 1. The number of para-hydroxylation sites is 2. The summed E-state index contributed by atoms with van der Waals surface area (Å²) < 4.78 is 28.6. The highest BCUT2D eigenvalue weighted by Crippen LogP contribution is 2.23. The average Bonchev–Trinajstić information content (AvgIpc) is 2.94. The van der Waals surface area contributed by atoms with Crippen LogP contribution < -0.4 is 0 Å². The molecule has 0 aliphatic rings. The summed E-state index contributed by atoms with van der Waals surface area (Å²) in [5, 5.41) is -0.125. The quantitative estimate of drug-likeness (QED) is 0.649. The zero-order valence-electron chi connectivity index (χ0n) is 13.8. The van der Waals surface area contributed by atoms with Gasteiger partial charge in [-0.25, -0.2) is 13.8 Å². The number of benzene rings is 2. The Hall–Kier alpha value is -2.47. The van der Waals surface area contributed by atoms with Gasteiger partial charge in [0.15, 0.2) is 11.6 Å². The highest BCUT2D eigenvalue weighted by atomic mass is 35.5. The summed E-state index contributed by atoms with van der Waals surface area (Å²) in [6.45, 7) is 2.91. The van der Waals surface area contributed by atoms with E-state index in [0.717, 1.165) is 23.2 Å². The maximum absolute atomic E-state index is 13.4. The average molecular weight is 364 g/mol. The van der Waals surface area contributed by atoms with Crippen LogP contribution in [0.5, 0.6) is 0 Å². The molecule has 0 aliphatic heterocycles. The van der Waals surface area contributed by atoms with E-state index in [4.69, 9.17) is 11.6 Å². The summed E-state index contributed by atoms with van der Waals surface area (Å²) in [7, 11) is 1.57. The number of carbonyl (C=O) groups is 1. The Morgan fingerprint density at radius 3 is 2.64 bits per heavy atom. The molecule has 0 radical (unpaired) electrons. The van der Waals surface area contributed by atoms with Crippen molar-refractivity contribution in [1.82, 2.24) is 14.5 Å².